The largest absolute Gasteiger partial charge is 0.481 e. The molecule has 1 aromatic carbocycles. The number of hydrogen-bond donors (Lipinski definition) is 2. The Morgan fingerprint density at radius 1 is 1.25 bits per heavy atom. The summed E-state index contributed by atoms with van der Waals surface area (Å²) < 4.78 is 13.4. The Morgan fingerprint density at radius 2 is 1.90 bits per heavy atom. The van der Waals surface area contributed by atoms with E-state index in [0.717, 1.165) is 0 Å². The fourth-order valence-corrected chi connectivity index (χ4v) is 1.95. The third-order valence-electron chi connectivity index (χ3n) is 2.94. The highest BCUT2D eigenvalue weighted by atomic mass is 19.1. The predicted molar refractivity (Wildman–Crippen MR) is 73.8 cm³/mol. The lowest BCUT2D eigenvalue weighted by molar-refractivity contribution is -0.137. The summed E-state index contributed by atoms with van der Waals surface area (Å²) in [7, 11) is 0. The highest BCUT2D eigenvalue weighted by Crippen LogP contribution is 2.09. The third kappa shape index (κ3) is 6.31. The lowest BCUT2D eigenvalue weighted by Crippen LogP contribution is -2.34. The number of amides is 1. The van der Waals surface area contributed by atoms with Crippen LogP contribution in [0.15, 0.2) is 24.3 Å². The van der Waals surface area contributed by atoms with Gasteiger partial charge in [-0.05, 0) is 37.8 Å². The highest BCUT2D eigenvalue weighted by Gasteiger charge is 2.10. The van der Waals surface area contributed by atoms with Gasteiger partial charge in [-0.15, -0.1) is 0 Å². The Bertz CT molecular complexity index is 462. The maximum Gasteiger partial charge on any atom is 0.303 e. The molecule has 1 rings (SSSR count). The van der Waals surface area contributed by atoms with Gasteiger partial charge in [0.25, 0.3) is 0 Å². The lowest BCUT2D eigenvalue weighted by atomic mass is 10.1. The van der Waals surface area contributed by atoms with Crippen molar-refractivity contribution in [2.75, 3.05) is 0 Å². The number of rotatable bonds is 8. The Kier molecular flexibility index (Phi) is 6.70. The van der Waals surface area contributed by atoms with Gasteiger partial charge in [-0.2, -0.15) is 0 Å². The zero-order valence-corrected chi connectivity index (χ0v) is 11.6. The van der Waals surface area contributed by atoms with E-state index in [1.54, 1.807) is 18.2 Å². The van der Waals surface area contributed by atoms with E-state index in [9.17, 15) is 14.0 Å². The van der Waals surface area contributed by atoms with Gasteiger partial charge in [0.2, 0.25) is 5.91 Å². The molecular weight excluding hydrogens is 261 g/mol. The zero-order valence-electron chi connectivity index (χ0n) is 11.6. The summed E-state index contributed by atoms with van der Waals surface area (Å²) in [6, 6.07) is 6.34. The monoisotopic (exact) mass is 281 g/mol. The summed E-state index contributed by atoms with van der Waals surface area (Å²) in [5.41, 5.74) is 0.575. The number of carboxylic acids is 1. The minimum Gasteiger partial charge on any atom is -0.481 e. The number of aliphatic carboxylic acids is 1. The molecule has 0 saturated heterocycles. The molecule has 0 radical (unpaired) electrons. The molecule has 5 heteroatoms. The molecule has 0 heterocycles. The van der Waals surface area contributed by atoms with Gasteiger partial charge in [0.05, 0.1) is 0 Å². The second-order valence-corrected chi connectivity index (χ2v) is 4.86. The number of halogens is 1. The molecule has 0 spiro atoms. The van der Waals surface area contributed by atoms with Gasteiger partial charge in [-0.25, -0.2) is 4.39 Å². The molecular formula is C15H20FNO3. The molecule has 0 aliphatic heterocycles. The van der Waals surface area contributed by atoms with E-state index in [2.05, 4.69) is 5.32 Å². The first-order chi connectivity index (χ1) is 9.49. The number of carbonyl (C=O) groups excluding carboxylic acids is 1. The molecule has 1 amide bonds. The second kappa shape index (κ2) is 8.30. The Labute approximate surface area is 118 Å². The summed E-state index contributed by atoms with van der Waals surface area (Å²) in [4.78, 5) is 21.9. The van der Waals surface area contributed by atoms with E-state index in [-0.39, 0.29) is 24.2 Å². The van der Waals surface area contributed by atoms with Crippen molar-refractivity contribution < 1.29 is 19.1 Å². The minimum atomic E-state index is -0.849. The van der Waals surface area contributed by atoms with Crippen LogP contribution in [-0.2, 0) is 16.0 Å². The first kappa shape index (κ1) is 16.1. The van der Waals surface area contributed by atoms with Crippen molar-refractivity contribution in [2.45, 2.75) is 45.1 Å². The standard InChI is InChI=1S/C15H20FNO3/c1-11(10-12-6-2-3-7-13(12)16)17-14(18)8-4-5-9-15(19)20/h2-3,6-7,11H,4-5,8-10H2,1H3,(H,17,18)(H,19,20). The van der Waals surface area contributed by atoms with Crippen LogP contribution in [0.1, 0.15) is 38.2 Å². The summed E-state index contributed by atoms with van der Waals surface area (Å²) in [6.45, 7) is 1.82. The van der Waals surface area contributed by atoms with E-state index in [1.807, 2.05) is 6.92 Å². The molecule has 4 nitrogen and oxygen atoms in total. The number of nitrogens with one attached hydrogen (secondary N) is 1. The van der Waals surface area contributed by atoms with Crippen molar-refractivity contribution in [2.24, 2.45) is 0 Å². The average molecular weight is 281 g/mol. The van der Waals surface area contributed by atoms with Crippen molar-refractivity contribution in [1.29, 1.82) is 0 Å². The minimum absolute atomic E-state index is 0.0814. The van der Waals surface area contributed by atoms with E-state index in [1.165, 1.54) is 6.07 Å². The Hall–Kier alpha value is -1.91. The molecule has 1 unspecified atom stereocenters. The third-order valence-corrected chi connectivity index (χ3v) is 2.94. The van der Waals surface area contributed by atoms with Gasteiger partial charge < -0.3 is 10.4 Å². The maximum absolute atomic E-state index is 13.4. The van der Waals surface area contributed by atoms with Gasteiger partial charge in [-0.3, -0.25) is 9.59 Å². The SMILES string of the molecule is CC(Cc1ccccc1F)NC(=O)CCCCC(=O)O. The molecule has 0 bridgehead atoms. The van der Waals surface area contributed by atoms with E-state index < -0.39 is 5.97 Å². The summed E-state index contributed by atoms with van der Waals surface area (Å²) in [5.74, 6) is -1.24. The number of carboxylic acid groups (broad SMARTS) is 1. The topological polar surface area (TPSA) is 66.4 Å². The smallest absolute Gasteiger partial charge is 0.303 e. The van der Waals surface area contributed by atoms with Crippen LogP contribution in [-0.4, -0.2) is 23.0 Å². The molecule has 0 fully saturated rings. The van der Waals surface area contributed by atoms with Crippen LogP contribution < -0.4 is 5.32 Å². The van der Waals surface area contributed by atoms with Crippen molar-refractivity contribution in [1.82, 2.24) is 5.32 Å². The number of hydrogen-bond acceptors (Lipinski definition) is 2. The highest BCUT2D eigenvalue weighted by molar-refractivity contribution is 5.76. The maximum atomic E-state index is 13.4. The van der Waals surface area contributed by atoms with Crippen molar-refractivity contribution in [3.8, 4) is 0 Å². The lowest BCUT2D eigenvalue weighted by Gasteiger charge is -2.14. The molecule has 0 saturated carbocycles. The first-order valence-electron chi connectivity index (χ1n) is 6.73. The van der Waals surface area contributed by atoms with Crippen molar-refractivity contribution >= 4 is 11.9 Å². The predicted octanol–water partition coefficient (Wildman–Crippen LogP) is 2.52. The number of unbranched alkanes of at least 4 members (excludes halogenated alkanes) is 1. The molecule has 0 aromatic heterocycles. The van der Waals surface area contributed by atoms with Crippen LogP contribution in [0.3, 0.4) is 0 Å². The molecule has 0 aliphatic rings. The summed E-state index contributed by atoms with van der Waals surface area (Å²) in [5, 5.41) is 11.3. The van der Waals surface area contributed by atoms with E-state index in [0.29, 0.717) is 31.2 Å². The Morgan fingerprint density at radius 3 is 2.55 bits per heavy atom. The normalized spacial score (nSPS) is 11.9. The molecule has 2 N–H and O–H groups in total. The van der Waals surface area contributed by atoms with Crippen LogP contribution in [0.4, 0.5) is 4.39 Å². The Balaban J connectivity index is 2.28. The van der Waals surface area contributed by atoms with Crippen LogP contribution >= 0.6 is 0 Å². The van der Waals surface area contributed by atoms with E-state index in [4.69, 9.17) is 5.11 Å². The van der Waals surface area contributed by atoms with Crippen molar-refractivity contribution in [3.05, 3.63) is 35.6 Å². The summed E-state index contributed by atoms with van der Waals surface area (Å²) in [6.07, 6.45) is 1.86. The molecule has 0 aliphatic carbocycles. The van der Waals surface area contributed by atoms with Crippen LogP contribution in [0.5, 0.6) is 0 Å². The van der Waals surface area contributed by atoms with Gasteiger partial charge in [-0.1, -0.05) is 18.2 Å². The first-order valence-corrected chi connectivity index (χ1v) is 6.73. The zero-order chi connectivity index (χ0) is 15.0. The van der Waals surface area contributed by atoms with Gasteiger partial charge in [0, 0.05) is 18.9 Å². The molecule has 1 atom stereocenters. The fraction of sp³-hybridized carbons (Fsp3) is 0.467. The fourth-order valence-electron chi connectivity index (χ4n) is 1.95. The van der Waals surface area contributed by atoms with Gasteiger partial charge in [0.15, 0.2) is 0 Å². The van der Waals surface area contributed by atoms with Crippen LogP contribution in [0, 0.1) is 5.82 Å². The van der Waals surface area contributed by atoms with Gasteiger partial charge in [0.1, 0.15) is 5.82 Å². The molecule has 110 valence electrons. The quantitative estimate of drug-likeness (QED) is 0.719. The molecule has 1 aromatic rings. The number of benzene rings is 1. The van der Waals surface area contributed by atoms with Crippen LogP contribution in [0.2, 0.25) is 0 Å². The average Bonchev–Trinajstić information content (AvgIpc) is 2.37. The van der Waals surface area contributed by atoms with Crippen LogP contribution in [0.25, 0.3) is 0 Å². The summed E-state index contributed by atoms with van der Waals surface area (Å²) >= 11 is 0. The second-order valence-electron chi connectivity index (χ2n) is 4.86. The molecule has 20 heavy (non-hydrogen) atoms. The number of carbonyl (C=O) groups is 2. The van der Waals surface area contributed by atoms with Gasteiger partial charge >= 0.3 is 5.97 Å². The van der Waals surface area contributed by atoms with Crippen molar-refractivity contribution in [3.63, 3.8) is 0 Å². The van der Waals surface area contributed by atoms with E-state index >= 15 is 0 Å².